The summed E-state index contributed by atoms with van der Waals surface area (Å²) in [6.07, 6.45) is 0. The summed E-state index contributed by atoms with van der Waals surface area (Å²) in [5.41, 5.74) is 15.8. The number of benzene rings is 10. The molecule has 0 N–H and O–H groups in total. The fourth-order valence-electron chi connectivity index (χ4n) is 8.59. The zero-order chi connectivity index (χ0) is 39.8. The van der Waals surface area contributed by atoms with Crippen molar-refractivity contribution in [1.82, 2.24) is 9.97 Å². The van der Waals surface area contributed by atoms with Gasteiger partial charge in [-0.05, 0) is 108 Å². The van der Waals surface area contributed by atoms with Gasteiger partial charge in [0.2, 0.25) is 0 Å². The molecule has 0 atom stereocenters. The molecule has 1 heterocycles. The van der Waals surface area contributed by atoms with Gasteiger partial charge >= 0.3 is 0 Å². The Bertz CT molecular complexity index is 3290. The minimum Gasteiger partial charge on any atom is -0.227 e. The molecular weight excluding hydrogens is 725 g/mol. The summed E-state index contributed by atoms with van der Waals surface area (Å²) in [7, 11) is 0. The molecule has 0 bridgehead atoms. The van der Waals surface area contributed by atoms with Gasteiger partial charge in [0.1, 0.15) is 0 Å². The van der Waals surface area contributed by atoms with Gasteiger partial charge in [0.05, 0.1) is 11.2 Å². The van der Waals surface area contributed by atoms with E-state index < -0.39 is 0 Å². The Kier molecular flexibility index (Phi) is 8.87. The highest BCUT2D eigenvalue weighted by atomic mass is 14.9. The molecule has 0 radical (unpaired) electrons. The van der Waals surface area contributed by atoms with Crippen LogP contribution in [0.3, 0.4) is 0 Å². The molecule has 2 heteroatoms. The van der Waals surface area contributed by atoms with Crippen molar-refractivity contribution in [1.29, 1.82) is 0 Å². The molecule has 0 unspecified atom stereocenters. The number of fused-ring (bicyclic) bond motifs is 4. The van der Waals surface area contributed by atoms with Gasteiger partial charge in [0.15, 0.2) is 5.82 Å². The Balaban J connectivity index is 0.963. The third kappa shape index (κ3) is 6.61. The lowest BCUT2D eigenvalue weighted by molar-refractivity contribution is 1.24. The normalized spacial score (nSPS) is 11.3. The number of hydrogen-bond donors (Lipinski definition) is 0. The van der Waals surface area contributed by atoms with Crippen molar-refractivity contribution in [2.75, 3.05) is 0 Å². The quantitative estimate of drug-likeness (QED) is 0.151. The van der Waals surface area contributed by atoms with Crippen LogP contribution in [0.5, 0.6) is 0 Å². The number of nitrogens with zero attached hydrogens (tertiary/aromatic N) is 2. The van der Waals surface area contributed by atoms with Crippen molar-refractivity contribution in [2.45, 2.75) is 0 Å². The molecule has 0 fully saturated rings. The van der Waals surface area contributed by atoms with Crippen LogP contribution in [0.2, 0.25) is 0 Å². The predicted octanol–water partition coefficient (Wildman–Crippen LogP) is 15.6. The monoisotopic (exact) mass is 762 g/mol. The van der Waals surface area contributed by atoms with E-state index >= 15 is 0 Å². The van der Waals surface area contributed by atoms with Crippen molar-refractivity contribution < 1.29 is 0 Å². The van der Waals surface area contributed by atoms with Gasteiger partial charge in [-0.2, -0.15) is 0 Å². The topological polar surface area (TPSA) is 25.8 Å². The fraction of sp³-hybridized carbons (Fsp3) is 0. The summed E-state index contributed by atoms with van der Waals surface area (Å²) in [6.45, 7) is 0. The Morgan fingerprint density at radius 1 is 0.233 bits per heavy atom. The Morgan fingerprint density at radius 3 is 1.28 bits per heavy atom. The van der Waals surface area contributed by atoms with Crippen LogP contribution in [-0.2, 0) is 0 Å². The first-order valence-corrected chi connectivity index (χ1v) is 20.5. The van der Waals surface area contributed by atoms with Crippen LogP contribution in [-0.4, -0.2) is 9.97 Å². The molecule has 0 aliphatic heterocycles. The van der Waals surface area contributed by atoms with Crippen LogP contribution in [0.25, 0.3) is 111 Å². The maximum absolute atomic E-state index is 5.32. The summed E-state index contributed by atoms with van der Waals surface area (Å²) in [5, 5.41) is 5.64. The average Bonchev–Trinajstić information content (AvgIpc) is 3.34. The fourth-order valence-corrected chi connectivity index (χ4v) is 8.59. The van der Waals surface area contributed by atoms with Crippen LogP contribution in [0.4, 0.5) is 0 Å². The first-order valence-electron chi connectivity index (χ1n) is 20.5. The molecule has 0 spiro atoms. The molecule has 0 saturated carbocycles. The number of aromatic nitrogens is 2. The summed E-state index contributed by atoms with van der Waals surface area (Å²) in [4.78, 5) is 10.6. The molecule has 11 aromatic rings. The lowest BCUT2D eigenvalue weighted by Crippen LogP contribution is -1.96. The van der Waals surface area contributed by atoms with Crippen LogP contribution < -0.4 is 0 Å². The minimum atomic E-state index is 0.729. The summed E-state index contributed by atoms with van der Waals surface area (Å²) in [6, 6.07) is 82.5. The zero-order valence-corrected chi connectivity index (χ0v) is 32.8. The van der Waals surface area contributed by atoms with Gasteiger partial charge in [-0.1, -0.05) is 194 Å². The molecule has 1 aromatic heterocycles. The SMILES string of the molecule is c1ccc(-c2cc(-c3ccccc3)cc(-c3cccc(-c4cccc(-c5ccc(-c6nc(-c7cccc8ccccc78)nc7c6ccc6ccccc67)cc5)c4)c3)c2)cc1. The Morgan fingerprint density at radius 2 is 0.650 bits per heavy atom. The van der Waals surface area contributed by atoms with E-state index in [0.717, 1.165) is 60.8 Å². The second-order valence-electron chi connectivity index (χ2n) is 15.4. The third-order valence-corrected chi connectivity index (χ3v) is 11.7. The molecule has 2 nitrogen and oxygen atoms in total. The standard InChI is InChI=1S/C58H38N2/c1-3-14-39(15-4-1)49-36-50(40-16-5-2-6-17-40)38-51(37-49)48-24-12-23-47(35-48)46-22-11-21-45(34-46)41-28-30-44(31-29-41)56-55-33-32-43-19-8-10-26-53(43)57(55)60-58(59-56)54-27-13-20-42-18-7-9-25-52(42)54/h1-38H. The molecule has 0 amide bonds. The summed E-state index contributed by atoms with van der Waals surface area (Å²) >= 11 is 0. The second kappa shape index (κ2) is 15.1. The molecule has 280 valence electrons. The molecule has 0 aliphatic rings. The van der Waals surface area contributed by atoms with Gasteiger partial charge in [0.25, 0.3) is 0 Å². The van der Waals surface area contributed by atoms with E-state index in [0.29, 0.717) is 0 Å². The molecule has 0 aliphatic carbocycles. The average molecular weight is 763 g/mol. The molecular formula is C58H38N2. The van der Waals surface area contributed by atoms with E-state index in [1.165, 1.54) is 49.9 Å². The van der Waals surface area contributed by atoms with E-state index in [9.17, 15) is 0 Å². The van der Waals surface area contributed by atoms with Gasteiger partial charge in [-0.3, -0.25) is 0 Å². The highest BCUT2D eigenvalue weighted by Crippen LogP contribution is 2.38. The van der Waals surface area contributed by atoms with Gasteiger partial charge in [0, 0.05) is 21.9 Å². The maximum atomic E-state index is 5.32. The highest BCUT2D eigenvalue weighted by molar-refractivity contribution is 6.10. The van der Waals surface area contributed by atoms with Gasteiger partial charge in [-0.15, -0.1) is 0 Å². The smallest absolute Gasteiger partial charge is 0.161 e. The second-order valence-corrected chi connectivity index (χ2v) is 15.4. The van der Waals surface area contributed by atoms with Crippen molar-refractivity contribution in [2.24, 2.45) is 0 Å². The third-order valence-electron chi connectivity index (χ3n) is 11.7. The van der Waals surface area contributed by atoms with Crippen molar-refractivity contribution in [3.8, 4) is 78.3 Å². The lowest BCUT2D eigenvalue weighted by Gasteiger charge is -2.14. The summed E-state index contributed by atoms with van der Waals surface area (Å²) in [5.74, 6) is 0.729. The molecule has 11 rings (SSSR count). The van der Waals surface area contributed by atoms with Crippen LogP contribution in [0.15, 0.2) is 231 Å². The van der Waals surface area contributed by atoms with Gasteiger partial charge < -0.3 is 0 Å². The molecule has 10 aromatic carbocycles. The van der Waals surface area contributed by atoms with E-state index in [4.69, 9.17) is 9.97 Å². The lowest BCUT2D eigenvalue weighted by atomic mass is 9.91. The van der Waals surface area contributed by atoms with Crippen LogP contribution in [0.1, 0.15) is 0 Å². The largest absolute Gasteiger partial charge is 0.227 e. The van der Waals surface area contributed by atoms with Crippen molar-refractivity contribution in [3.05, 3.63) is 231 Å². The van der Waals surface area contributed by atoms with Crippen molar-refractivity contribution >= 4 is 32.4 Å². The minimum absolute atomic E-state index is 0.729. The highest BCUT2D eigenvalue weighted by Gasteiger charge is 2.16. The van der Waals surface area contributed by atoms with E-state index in [1.807, 2.05) is 0 Å². The van der Waals surface area contributed by atoms with Crippen molar-refractivity contribution in [3.63, 3.8) is 0 Å². The Labute approximate surface area is 349 Å². The van der Waals surface area contributed by atoms with E-state index in [2.05, 4.69) is 231 Å². The first-order chi connectivity index (χ1) is 29.7. The molecule has 60 heavy (non-hydrogen) atoms. The summed E-state index contributed by atoms with van der Waals surface area (Å²) < 4.78 is 0. The molecule has 0 saturated heterocycles. The maximum Gasteiger partial charge on any atom is 0.161 e. The number of hydrogen-bond acceptors (Lipinski definition) is 2. The Hall–Kier alpha value is -7.94. The van der Waals surface area contributed by atoms with E-state index in [-0.39, 0.29) is 0 Å². The van der Waals surface area contributed by atoms with Crippen LogP contribution in [0, 0.1) is 0 Å². The predicted molar refractivity (Wildman–Crippen MR) is 253 cm³/mol. The zero-order valence-electron chi connectivity index (χ0n) is 32.8. The van der Waals surface area contributed by atoms with Crippen LogP contribution >= 0.6 is 0 Å². The van der Waals surface area contributed by atoms with E-state index in [1.54, 1.807) is 0 Å². The number of rotatable bonds is 7. The first kappa shape index (κ1) is 35.2. The van der Waals surface area contributed by atoms with Gasteiger partial charge in [-0.25, -0.2) is 9.97 Å².